The van der Waals surface area contributed by atoms with Gasteiger partial charge in [-0.15, -0.1) is 0 Å². The van der Waals surface area contributed by atoms with Gasteiger partial charge >= 0.3 is 0 Å². The SMILES string of the molecule is CCNC(=NC)N[C@@H](NC(=S)N(C)C)[C@@H]1CC=C(F)CC1C. The van der Waals surface area contributed by atoms with Gasteiger partial charge in [0.05, 0.1) is 5.83 Å². The highest BCUT2D eigenvalue weighted by atomic mass is 32.1. The predicted octanol–water partition coefficient (Wildman–Crippen LogP) is 1.83. The van der Waals surface area contributed by atoms with Gasteiger partial charge in [0.2, 0.25) is 0 Å². The van der Waals surface area contributed by atoms with E-state index in [1.807, 2.05) is 25.9 Å². The third-order valence-electron chi connectivity index (χ3n) is 3.83. The standard InChI is InChI=1S/C15H28FN5S/c1-6-18-14(17-3)19-13(20-15(22)21(4)5)12-8-7-11(16)9-10(12)2/h7,10,12-13H,6,8-9H2,1-5H3,(H,20,22)(H2,17,18,19)/t10?,12-,13+/m1/s1. The van der Waals surface area contributed by atoms with E-state index in [0.29, 0.717) is 23.9 Å². The van der Waals surface area contributed by atoms with Crippen LogP contribution in [0.3, 0.4) is 0 Å². The number of nitrogens with one attached hydrogen (secondary N) is 3. The Labute approximate surface area is 138 Å². The molecule has 0 aromatic rings. The number of nitrogens with zero attached hydrogens (tertiary/aromatic N) is 2. The summed E-state index contributed by atoms with van der Waals surface area (Å²) in [6.07, 6.45) is 2.72. The third-order valence-corrected chi connectivity index (χ3v) is 4.32. The third kappa shape index (κ3) is 5.44. The Morgan fingerprint density at radius 2 is 2.18 bits per heavy atom. The van der Waals surface area contributed by atoms with E-state index in [0.717, 1.165) is 6.54 Å². The van der Waals surface area contributed by atoms with Gasteiger partial charge in [0.25, 0.3) is 0 Å². The zero-order valence-electron chi connectivity index (χ0n) is 14.1. The molecule has 0 aromatic heterocycles. The highest BCUT2D eigenvalue weighted by Crippen LogP contribution is 2.31. The first-order chi connectivity index (χ1) is 10.4. The topological polar surface area (TPSA) is 51.7 Å². The average Bonchev–Trinajstić information content (AvgIpc) is 2.45. The monoisotopic (exact) mass is 329 g/mol. The lowest BCUT2D eigenvalue weighted by molar-refractivity contribution is 0.239. The Morgan fingerprint density at radius 3 is 2.68 bits per heavy atom. The van der Waals surface area contributed by atoms with Crippen LogP contribution in [0.1, 0.15) is 26.7 Å². The number of hydrogen-bond acceptors (Lipinski definition) is 2. The molecule has 5 nitrogen and oxygen atoms in total. The lowest BCUT2D eigenvalue weighted by Gasteiger charge is -2.36. The quantitative estimate of drug-likeness (QED) is 0.318. The number of hydrogen-bond donors (Lipinski definition) is 3. The van der Waals surface area contributed by atoms with Crippen molar-refractivity contribution in [1.82, 2.24) is 20.9 Å². The van der Waals surface area contributed by atoms with E-state index in [9.17, 15) is 4.39 Å². The first-order valence-electron chi connectivity index (χ1n) is 7.68. The molecule has 1 aliphatic carbocycles. The summed E-state index contributed by atoms with van der Waals surface area (Å²) in [6.45, 7) is 4.86. The van der Waals surface area contributed by atoms with Gasteiger partial charge in [-0.1, -0.05) is 13.0 Å². The van der Waals surface area contributed by atoms with Crippen LogP contribution in [-0.4, -0.2) is 49.8 Å². The van der Waals surface area contributed by atoms with Crippen molar-refractivity contribution >= 4 is 23.3 Å². The summed E-state index contributed by atoms with van der Waals surface area (Å²) < 4.78 is 13.5. The average molecular weight is 329 g/mol. The summed E-state index contributed by atoms with van der Waals surface area (Å²) in [5, 5.41) is 10.5. The van der Waals surface area contributed by atoms with Crippen LogP contribution in [0.2, 0.25) is 0 Å². The lowest BCUT2D eigenvalue weighted by Crippen LogP contribution is -2.58. The molecule has 7 heteroatoms. The van der Waals surface area contributed by atoms with E-state index in [-0.39, 0.29) is 23.8 Å². The van der Waals surface area contributed by atoms with Crippen molar-refractivity contribution in [3.05, 3.63) is 11.9 Å². The Morgan fingerprint density at radius 1 is 1.50 bits per heavy atom. The maximum absolute atomic E-state index is 13.5. The van der Waals surface area contributed by atoms with Crippen LogP contribution in [0.4, 0.5) is 4.39 Å². The van der Waals surface area contributed by atoms with Crippen molar-refractivity contribution in [2.45, 2.75) is 32.9 Å². The van der Waals surface area contributed by atoms with Crippen LogP contribution in [0.5, 0.6) is 0 Å². The Balaban J connectivity index is 2.88. The lowest BCUT2D eigenvalue weighted by atomic mass is 9.81. The van der Waals surface area contributed by atoms with Crippen molar-refractivity contribution in [1.29, 1.82) is 0 Å². The van der Waals surface area contributed by atoms with Crippen LogP contribution in [0.25, 0.3) is 0 Å². The normalized spacial score (nSPS) is 23.4. The van der Waals surface area contributed by atoms with E-state index in [1.54, 1.807) is 13.1 Å². The van der Waals surface area contributed by atoms with Crippen LogP contribution in [-0.2, 0) is 0 Å². The van der Waals surface area contributed by atoms with Gasteiger partial charge in [0.1, 0.15) is 6.17 Å². The second-order valence-corrected chi connectivity index (χ2v) is 6.19. The van der Waals surface area contributed by atoms with Gasteiger partial charge in [-0.3, -0.25) is 4.99 Å². The molecule has 0 saturated heterocycles. The van der Waals surface area contributed by atoms with E-state index in [2.05, 4.69) is 27.9 Å². The fourth-order valence-corrected chi connectivity index (χ4v) is 2.65. The molecule has 0 aliphatic heterocycles. The zero-order valence-corrected chi connectivity index (χ0v) is 14.9. The van der Waals surface area contributed by atoms with Gasteiger partial charge in [-0.05, 0) is 31.5 Å². The van der Waals surface area contributed by atoms with Crippen molar-refractivity contribution in [2.24, 2.45) is 16.8 Å². The van der Waals surface area contributed by atoms with E-state index in [1.165, 1.54) is 0 Å². The number of rotatable bonds is 4. The van der Waals surface area contributed by atoms with E-state index >= 15 is 0 Å². The van der Waals surface area contributed by atoms with Crippen molar-refractivity contribution in [3.63, 3.8) is 0 Å². The molecule has 0 radical (unpaired) electrons. The molecule has 0 aromatic carbocycles. The maximum Gasteiger partial charge on any atom is 0.192 e. The molecule has 1 unspecified atom stereocenters. The molecule has 126 valence electrons. The van der Waals surface area contributed by atoms with Gasteiger partial charge < -0.3 is 20.9 Å². The van der Waals surface area contributed by atoms with Gasteiger partial charge in [0, 0.05) is 40.0 Å². The minimum absolute atomic E-state index is 0.0197. The summed E-state index contributed by atoms with van der Waals surface area (Å²) in [4.78, 5) is 6.06. The molecule has 1 aliphatic rings. The molecule has 0 amide bonds. The van der Waals surface area contributed by atoms with Gasteiger partial charge in [-0.2, -0.15) is 0 Å². The molecule has 0 fully saturated rings. The van der Waals surface area contributed by atoms with Crippen molar-refractivity contribution in [2.75, 3.05) is 27.7 Å². The largest absolute Gasteiger partial charge is 0.357 e. The molecule has 3 N–H and O–H groups in total. The molecule has 0 spiro atoms. The molecule has 0 heterocycles. The molecule has 0 bridgehead atoms. The number of halogens is 1. The first kappa shape index (κ1) is 18.7. The Hall–Kier alpha value is -1.37. The number of allylic oxidation sites excluding steroid dienone is 2. The second kappa shape index (κ2) is 8.92. The minimum atomic E-state index is -0.105. The first-order valence-corrected chi connectivity index (χ1v) is 8.09. The fourth-order valence-electron chi connectivity index (χ4n) is 2.52. The molecule has 3 atom stereocenters. The smallest absolute Gasteiger partial charge is 0.192 e. The van der Waals surface area contributed by atoms with Crippen LogP contribution in [0, 0.1) is 11.8 Å². The minimum Gasteiger partial charge on any atom is -0.357 e. The molecule has 1 rings (SSSR count). The number of aliphatic imine (C=N–C) groups is 1. The van der Waals surface area contributed by atoms with E-state index < -0.39 is 0 Å². The Kier molecular flexibility index (Phi) is 7.58. The molecular formula is C15H28FN5S. The van der Waals surface area contributed by atoms with E-state index in [4.69, 9.17) is 12.2 Å². The summed E-state index contributed by atoms with van der Waals surface area (Å²) in [7, 11) is 5.53. The van der Waals surface area contributed by atoms with Gasteiger partial charge in [-0.25, -0.2) is 4.39 Å². The summed E-state index contributed by atoms with van der Waals surface area (Å²) in [6, 6.07) is 0. The summed E-state index contributed by atoms with van der Waals surface area (Å²) in [5.41, 5.74) is 0. The zero-order chi connectivity index (χ0) is 16.7. The van der Waals surface area contributed by atoms with Crippen LogP contribution < -0.4 is 16.0 Å². The Bertz CT molecular complexity index is 436. The molecule has 0 saturated carbocycles. The van der Waals surface area contributed by atoms with Crippen LogP contribution in [0.15, 0.2) is 16.9 Å². The summed E-state index contributed by atoms with van der Waals surface area (Å²) >= 11 is 5.36. The fraction of sp³-hybridized carbons (Fsp3) is 0.733. The predicted molar refractivity (Wildman–Crippen MR) is 94.5 cm³/mol. The van der Waals surface area contributed by atoms with Crippen molar-refractivity contribution < 1.29 is 4.39 Å². The highest BCUT2D eigenvalue weighted by molar-refractivity contribution is 7.80. The second-order valence-electron chi connectivity index (χ2n) is 5.80. The number of thiocarbonyl (C=S) groups is 1. The highest BCUT2D eigenvalue weighted by Gasteiger charge is 2.31. The number of guanidine groups is 1. The molecular weight excluding hydrogens is 301 g/mol. The van der Waals surface area contributed by atoms with Gasteiger partial charge in [0.15, 0.2) is 11.1 Å². The summed E-state index contributed by atoms with van der Waals surface area (Å²) in [5.74, 6) is 1.14. The molecule has 22 heavy (non-hydrogen) atoms. The van der Waals surface area contributed by atoms with Crippen molar-refractivity contribution in [3.8, 4) is 0 Å². The maximum atomic E-state index is 13.5. The van der Waals surface area contributed by atoms with Crippen LogP contribution >= 0.6 is 12.2 Å².